The summed E-state index contributed by atoms with van der Waals surface area (Å²) in [5.41, 5.74) is 0. The average molecular weight is 288 g/mol. The molecule has 1 aromatic rings. The van der Waals surface area contributed by atoms with Crippen LogP contribution >= 0.6 is 0 Å². The molecular formula is C16H24N4O. The molecule has 3 rings (SSSR count). The van der Waals surface area contributed by atoms with Gasteiger partial charge in [0.2, 0.25) is 5.95 Å². The van der Waals surface area contributed by atoms with Gasteiger partial charge in [0.1, 0.15) is 5.78 Å². The molecule has 0 N–H and O–H groups in total. The van der Waals surface area contributed by atoms with Crippen LogP contribution < -0.4 is 4.90 Å². The summed E-state index contributed by atoms with van der Waals surface area (Å²) >= 11 is 0. The van der Waals surface area contributed by atoms with Crippen molar-refractivity contribution in [3.8, 4) is 0 Å². The van der Waals surface area contributed by atoms with Gasteiger partial charge in [-0.1, -0.05) is 6.92 Å². The molecular weight excluding hydrogens is 264 g/mol. The van der Waals surface area contributed by atoms with Crippen molar-refractivity contribution >= 4 is 11.7 Å². The second-order valence-corrected chi connectivity index (χ2v) is 6.38. The second kappa shape index (κ2) is 6.52. The fourth-order valence-electron chi connectivity index (χ4n) is 3.40. The van der Waals surface area contributed by atoms with Crippen LogP contribution in [0.3, 0.4) is 0 Å². The molecule has 0 bridgehead atoms. The van der Waals surface area contributed by atoms with Crippen molar-refractivity contribution in [1.82, 2.24) is 14.9 Å². The smallest absolute Gasteiger partial charge is 0.225 e. The van der Waals surface area contributed by atoms with E-state index in [2.05, 4.69) is 26.7 Å². The number of Topliss-reactive ketones (excluding diaryl/α,β-unsaturated/α-hetero) is 1. The van der Waals surface area contributed by atoms with Crippen molar-refractivity contribution in [2.75, 3.05) is 37.6 Å². The zero-order valence-electron chi connectivity index (χ0n) is 12.7. The lowest BCUT2D eigenvalue weighted by Gasteiger charge is -2.37. The molecule has 0 radical (unpaired) electrons. The van der Waals surface area contributed by atoms with Crippen molar-refractivity contribution in [1.29, 1.82) is 0 Å². The van der Waals surface area contributed by atoms with Crippen LogP contribution in [0, 0.1) is 11.8 Å². The summed E-state index contributed by atoms with van der Waals surface area (Å²) in [6.07, 6.45) is 6.51. The first-order valence-electron chi connectivity index (χ1n) is 7.99. The van der Waals surface area contributed by atoms with E-state index in [0.29, 0.717) is 11.7 Å². The minimum absolute atomic E-state index is 0.258. The van der Waals surface area contributed by atoms with E-state index in [4.69, 9.17) is 0 Å². The minimum atomic E-state index is 0.258. The number of anilines is 1. The number of rotatable bonds is 3. The molecule has 1 aromatic heterocycles. The Balaban J connectivity index is 1.51. The summed E-state index contributed by atoms with van der Waals surface area (Å²) in [5.74, 6) is 2.25. The lowest BCUT2D eigenvalue weighted by Crippen LogP contribution is -2.49. The fraction of sp³-hybridized carbons (Fsp3) is 0.688. The Kier molecular flexibility index (Phi) is 4.48. The van der Waals surface area contributed by atoms with Gasteiger partial charge in [0.25, 0.3) is 0 Å². The van der Waals surface area contributed by atoms with Crippen LogP contribution in [0.2, 0.25) is 0 Å². The number of carbonyl (C=O) groups is 1. The Morgan fingerprint density at radius 3 is 2.62 bits per heavy atom. The van der Waals surface area contributed by atoms with Gasteiger partial charge in [-0.2, -0.15) is 0 Å². The molecule has 0 aromatic carbocycles. The maximum atomic E-state index is 12.0. The average Bonchev–Trinajstić information content (AvgIpc) is 2.53. The van der Waals surface area contributed by atoms with Gasteiger partial charge < -0.3 is 4.90 Å². The Hall–Kier alpha value is -1.49. The molecule has 2 atom stereocenters. The van der Waals surface area contributed by atoms with Crippen LogP contribution in [0.4, 0.5) is 5.95 Å². The predicted octanol–water partition coefficient (Wildman–Crippen LogP) is 1.60. The molecule has 2 heterocycles. The van der Waals surface area contributed by atoms with Gasteiger partial charge in [0.05, 0.1) is 0 Å². The monoisotopic (exact) mass is 288 g/mol. The Bertz CT molecular complexity index is 470. The first-order valence-corrected chi connectivity index (χ1v) is 7.99. The van der Waals surface area contributed by atoms with Crippen molar-refractivity contribution in [2.24, 2.45) is 11.8 Å². The molecule has 21 heavy (non-hydrogen) atoms. The highest BCUT2D eigenvalue weighted by molar-refractivity contribution is 5.81. The van der Waals surface area contributed by atoms with Gasteiger partial charge in [-0.3, -0.25) is 9.69 Å². The summed E-state index contributed by atoms with van der Waals surface area (Å²) in [6.45, 7) is 7.09. The topological polar surface area (TPSA) is 49.3 Å². The van der Waals surface area contributed by atoms with Crippen molar-refractivity contribution in [2.45, 2.75) is 26.2 Å². The fourth-order valence-corrected chi connectivity index (χ4v) is 3.40. The van der Waals surface area contributed by atoms with E-state index in [0.717, 1.165) is 57.9 Å². The first-order chi connectivity index (χ1) is 10.2. The molecule has 2 fully saturated rings. The highest BCUT2D eigenvalue weighted by Crippen LogP contribution is 2.27. The normalized spacial score (nSPS) is 27.9. The van der Waals surface area contributed by atoms with E-state index in [9.17, 15) is 4.79 Å². The molecule has 2 unspecified atom stereocenters. The minimum Gasteiger partial charge on any atom is -0.338 e. The summed E-state index contributed by atoms with van der Waals surface area (Å²) in [5, 5.41) is 0. The standard InChI is InChI=1S/C16H24N4O/c1-13-3-4-15(21)14(11-13)12-19-7-9-20(10-8-19)16-17-5-2-6-18-16/h2,5-6,13-14H,3-4,7-12H2,1H3. The largest absolute Gasteiger partial charge is 0.338 e. The van der Waals surface area contributed by atoms with E-state index >= 15 is 0 Å². The maximum absolute atomic E-state index is 12.0. The Labute approximate surface area is 126 Å². The zero-order chi connectivity index (χ0) is 14.7. The lowest BCUT2D eigenvalue weighted by atomic mass is 9.81. The number of hydrogen-bond acceptors (Lipinski definition) is 5. The van der Waals surface area contributed by atoms with E-state index in [1.807, 2.05) is 6.07 Å². The highest BCUT2D eigenvalue weighted by atomic mass is 16.1. The second-order valence-electron chi connectivity index (χ2n) is 6.38. The van der Waals surface area contributed by atoms with E-state index in [1.54, 1.807) is 12.4 Å². The van der Waals surface area contributed by atoms with Crippen LogP contribution in [0.25, 0.3) is 0 Å². The third kappa shape index (κ3) is 3.59. The Morgan fingerprint density at radius 2 is 1.90 bits per heavy atom. The molecule has 1 saturated heterocycles. The highest BCUT2D eigenvalue weighted by Gasteiger charge is 2.29. The third-order valence-electron chi connectivity index (χ3n) is 4.71. The van der Waals surface area contributed by atoms with E-state index in [-0.39, 0.29) is 5.92 Å². The predicted molar refractivity (Wildman–Crippen MR) is 82.2 cm³/mol. The number of carbonyl (C=O) groups excluding carboxylic acids is 1. The number of piperazine rings is 1. The molecule has 1 aliphatic heterocycles. The number of aromatic nitrogens is 2. The van der Waals surface area contributed by atoms with Crippen LogP contribution in [0.15, 0.2) is 18.5 Å². The molecule has 114 valence electrons. The van der Waals surface area contributed by atoms with Gasteiger partial charge >= 0.3 is 0 Å². The zero-order valence-corrected chi connectivity index (χ0v) is 12.7. The molecule has 5 nitrogen and oxygen atoms in total. The summed E-state index contributed by atoms with van der Waals surface area (Å²) in [6, 6.07) is 1.84. The lowest BCUT2D eigenvalue weighted by molar-refractivity contribution is -0.126. The molecule has 5 heteroatoms. The first kappa shape index (κ1) is 14.4. The van der Waals surface area contributed by atoms with Crippen molar-refractivity contribution in [3.63, 3.8) is 0 Å². The Morgan fingerprint density at radius 1 is 1.19 bits per heavy atom. The third-order valence-corrected chi connectivity index (χ3v) is 4.71. The molecule has 2 aliphatic rings. The summed E-state index contributed by atoms with van der Waals surface area (Å²) in [4.78, 5) is 25.3. The van der Waals surface area contributed by atoms with Crippen LogP contribution in [0.1, 0.15) is 26.2 Å². The van der Waals surface area contributed by atoms with Crippen LogP contribution in [-0.2, 0) is 4.79 Å². The van der Waals surface area contributed by atoms with Gasteiger partial charge in [-0.25, -0.2) is 9.97 Å². The number of ketones is 1. The van der Waals surface area contributed by atoms with Gasteiger partial charge in [-0.05, 0) is 24.8 Å². The maximum Gasteiger partial charge on any atom is 0.225 e. The van der Waals surface area contributed by atoms with Gasteiger partial charge in [0, 0.05) is 57.5 Å². The quantitative estimate of drug-likeness (QED) is 0.845. The molecule has 1 saturated carbocycles. The summed E-state index contributed by atoms with van der Waals surface area (Å²) < 4.78 is 0. The van der Waals surface area contributed by atoms with E-state index in [1.165, 1.54) is 0 Å². The van der Waals surface area contributed by atoms with Crippen LogP contribution in [-0.4, -0.2) is 53.4 Å². The van der Waals surface area contributed by atoms with Crippen LogP contribution in [0.5, 0.6) is 0 Å². The van der Waals surface area contributed by atoms with E-state index < -0.39 is 0 Å². The van der Waals surface area contributed by atoms with Gasteiger partial charge in [0.15, 0.2) is 0 Å². The molecule has 0 spiro atoms. The SMILES string of the molecule is CC1CCC(=O)C(CN2CCN(c3ncccn3)CC2)C1. The number of nitrogens with zero attached hydrogens (tertiary/aromatic N) is 4. The molecule has 1 aliphatic carbocycles. The van der Waals surface area contributed by atoms with Gasteiger partial charge in [-0.15, -0.1) is 0 Å². The van der Waals surface area contributed by atoms with Crippen molar-refractivity contribution in [3.05, 3.63) is 18.5 Å². The number of hydrogen-bond donors (Lipinski definition) is 0. The molecule has 0 amide bonds. The summed E-state index contributed by atoms with van der Waals surface area (Å²) in [7, 11) is 0. The van der Waals surface area contributed by atoms with Crippen molar-refractivity contribution < 1.29 is 4.79 Å².